The predicted molar refractivity (Wildman–Crippen MR) is 143 cm³/mol. The van der Waals surface area contributed by atoms with Crippen LogP contribution in [-0.4, -0.2) is 18.0 Å². The fourth-order valence-corrected chi connectivity index (χ4v) is 9.45. The van der Waals surface area contributed by atoms with Crippen LogP contribution in [-0.2, 0) is 9.53 Å². The molecule has 4 aliphatic carbocycles. The fraction of sp³-hybridized carbons (Fsp3) is 0.906. The molecule has 0 unspecified atom stereocenters. The zero-order valence-electron chi connectivity index (χ0n) is 23.4. The fourth-order valence-electron chi connectivity index (χ4n) is 9.45. The minimum absolute atomic E-state index is 0.0624. The van der Waals surface area contributed by atoms with Crippen LogP contribution in [0.4, 0.5) is 0 Å². The highest BCUT2D eigenvalue weighted by molar-refractivity contribution is 5.91. The van der Waals surface area contributed by atoms with Crippen LogP contribution in [0.15, 0.2) is 11.6 Å². The van der Waals surface area contributed by atoms with Crippen LogP contribution in [0.1, 0.15) is 131 Å². The highest BCUT2D eigenvalue weighted by Gasteiger charge is 2.66. The van der Waals surface area contributed by atoms with Gasteiger partial charge in [0.05, 0.1) is 5.60 Å². The molecule has 7 atom stereocenters. The topological polar surface area (TPSA) is 26.3 Å². The van der Waals surface area contributed by atoms with E-state index in [1.54, 1.807) is 0 Å². The van der Waals surface area contributed by atoms with Crippen LogP contribution in [0.3, 0.4) is 0 Å². The van der Waals surface area contributed by atoms with Crippen molar-refractivity contribution in [3.05, 3.63) is 11.6 Å². The molecule has 0 N–H and O–H groups in total. The minimum Gasteiger partial charge on any atom is -0.374 e. The Morgan fingerprint density at radius 1 is 0.941 bits per heavy atom. The predicted octanol–water partition coefficient (Wildman–Crippen LogP) is 8.93. The van der Waals surface area contributed by atoms with Crippen LogP contribution < -0.4 is 0 Å². The first-order valence-corrected chi connectivity index (χ1v) is 15.1. The third kappa shape index (κ3) is 4.48. The Bertz CT molecular complexity index is 752. The molecule has 3 saturated carbocycles. The summed E-state index contributed by atoms with van der Waals surface area (Å²) in [6, 6.07) is 0. The average molecular weight is 471 g/mol. The standard InChI is InChI=1S/C32H54O2/c1-7-8-9-21-34-32(24(4)12-10-11-23(2)3)20-17-29-27-14-13-25-22-26(33)15-18-30(25,5)28(27)16-19-31(29,32)6/h22-24,27-29H,7-21H2,1-6H3/t24-,27-,28+,29+,30+,31+,32-/m1/s1. The Morgan fingerprint density at radius 2 is 1.71 bits per heavy atom. The first-order chi connectivity index (χ1) is 16.2. The van der Waals surface area contributed by atoms with Gasteiger partial charge in [0.25, 0.3) is 0 Å². The second-order valence-corrected chi connectivity index (χ2v) is 13.6. The van der Waals surface area contributed by atoms with Gasteiger partial charge in [-0.05, 0) is 104 Å². The van der Waals surface area contributed by atoms with Gasteiger partial charge < -0.3 is 4.74 Å². The summed E-state index contributed by atoms with van der Waals surface area (Å²) in [5, 5.41) is 0. The van der Waals surface area contributed by atoms with E-state index >= 15 is 0 Å². The van der Waals surface area contributed by atoms with Crippen molar-refractivity contribution in [2.45, 2.75) is 137 Å². The van der Waals surface area contributed by atoms with E-state index in [2.05, 4.69) is 47.6 Å². The van der Waals surface area contributed by atoms with Gasteiger partial charge in [0.15, 0.2) is 5.78 Å². The normalized spacial score (nSPS) is 40.5. The van der Waals surface area contributed by atoms with Crippen molar-refractivity contribution in [2.75, 3.05) is 6.61 Å². The highest BCUT2D eigenvalue weighted by atomic mass is 16.5. The van der Waals surface area contributed by atoms with E-state index in [-0.39, 0.29) is 11.0 Å². The average Bonchev–Trinajstić information content (AvgIpc) is 3.10. The quantitative estimate of drug-likeness (QED) is 0.298. The number of allylic oxidation sites excluding steroid dienone is 1. The van der Waals surface area contributed by atoms with E-state index in [0.29, 0.717) is 17.1 Å². The van der Waals surface area contributed by atoms with Gasteiger partial charge in [0, 0.05) is 13.0 Å². The SMILES string of the molecule is CCCCCO[C@@]1([C@H](C)CCCC(C)C)CC[C@H]2[C@@H]3CCC4=CC(=O)CC[C@]4(C)[C@H]3CC[C@@]21C. The summed E-state index contributed by atoms with van der Waals surface area (Å²) in [4.78, 5) is 12.2. The van der Waals surface area contributed by atoms with E-state index in [4.69, 9.17) is 4.74 Å². The number of rotatable bonds is 10. The summed E-state index contributed by atoms with van der Waals surface area (Å²) in [7, 11) is 0. The lowest BCUT2D eigenvalue weighted by Crippen LogP contribution is -2.58. The van der Waals surface area contributed by atoms with Crippen molar-refractivity contribution in [3.63, 3.8) is 0 Å². The lowest BCUT2D eigenvalue weighted by molar-refractivity contribution is -0.185. The lowest BCUT2D eigenvalue weighted by Gasteiger charge is -2.60. The molecule has 0 spiro atoms. The first-order valence-electron chi connectivity index (χ1n) is 15.1. The maximum atomic E-state index is 12.2. The van der Waals surface area contributed by atoms with Crippen molar-refractivity contribution < 1.29 is 9.53 Å². The Hall–Kier alpha value is -0.630. The number of fused-ring (bicyclic) bond motifs is 5. The first kappa shape index (κ1) is 26.4. The molecule has 0 amide bonds. The van der Waals surface area contributed by atoms with Crippen LogP contribution >= 0.6 is 0 Å². The zero-order valence-corrected chi connectivity index (χ0v) is 23.4. The van der Waals surface area contributed by atoms with E-state index in [1.807, 2.05) is 0 Å². The van der Waals surface area contributed by atoms with Crippen LogP contribution in [0.2, 0.25) is 0 Å². The number of hydrogen-bond donors (Lipinski definition) is 0. The van der Waals surface area contributed by atoms with E-state index in [1.165, 1.54) is 76.2 Å². The zero-order chi connectivity index (χ0) is 24.6. The molecule has 0 heterocycles. The molecule has 0 aromatic carbocycles. The summed E-state index contributed by atoms with van der Waals surface area (Å²) in [6.45, 7) is 15.7. The number of carbonyl (C=O) groups is 1. The summed E-state index contributed by atoms with van der Waals surface area (Å²) >= 11 is 0. The molecule has 194 valence electrons. The van der Waals surface area contributed by atoms with Gasteiger partial charge in [-0.1, -0.05) is 72.8 Å². The number of ether oxygens (including phenoxy) is 1. The maximum Gasteiger partial charge on any atom is 0.155 e. The summed E-state index contributed by atoms with van der Waals surface area (Å²) in [6.07, 6.45) is 19.4. The van der Waals surface area contributed by atoms with E-state index < -0.39 is 0 Å². The summed E-state index contributed by atoms with van der Waals surface area (Å²) in [5.74, 6) is 4.19. The van der Waals surface area contributed by atoms with Crippen molar-refractivity contribution in [1.29, 1.82) is 0 Å². The molecular weight excluding hydrogens is 416 g/mol. The van der Waals surface area contributed by atoms with E-state index in [9.17, 15) is 4.79 Å². The molecule has 0 bridgehead atoms. The second kappa shape index (κ2) is 10.4. The number of carbonyl (C=O) groups excluding carboxylic acids is 1. The van der Waals surface area contributed by atoms with Gasteiger partial charge in [-0.2, -0.15) is 0 Å². The largest absolute Gasteiger partial charge is 0.374 e. The Morgan fingerprint density at radius 3 is 2.44 bits per heavy atom. The molecule has 0 aliphatic heterocycles. The number of unbranched alkanes of at least 4 members (excludes halogenated alkanes) is 2. The van der Waals surface area contributed by atoms with Crippen LogP contribution in [0.5, 0.6) is 0 Å². The summed E-state index contributed by atoms with van der Waals surface area (Å²) < 4.78 is 7.15. The minimum atomic E-state index is 0.0624. The van der Waals surface area contributed by atoms with Gasteiger partial charge in [-0.15, -0.1) is 0 Å². The molecule has 4 rings (SSSR count). The Kier molecular flexibility index (Phi) is 8.08. The van der Waals surface area contributed by atoms with Crippen LogP contribution in [0, 0.1) is 40.4 Å². The maximum absolute atomic E-state index is 12.2. The van der Waals surface area contributed by atoms with Crippen molar-refractivity contribution in [2.24, 2.45) is 40.4 Å². The van der Waals surface area contributed by atoms with Crippen molar-refractivity contribution in [3.8, 4) is 0 Å². The molecule has 3 fully saturated rings. The van der Waals surface area contributed by atoms with Gasteiger partial charge in [-0.3, -0.25) is 4.79 Å². The van der Waals surface area contributed by atoms with Gasteiger partial charge in [0.1, 0.15) is 0 Å². The van der Waals surface area contributed by atoms with E-state index in [0.717, 1.165) is 49.5 Å². The summed E-state index contributed by atoms with van der Waals surface area (Å²) in [5.41, 5.74) is 2.14. The molecule has 4 aliphatic rings. The molecule has 2 heteroatoms. The molecule has 0 aromatic heterocycles. The molecular formula is C32H54O2. The highest BCUT2D eigenvalue weighted by Crippen LogP contribution is 2.69. The molecule has 0 saturated heterocycles. The van der Waals surface area contributed by atoms with Gasteiger partial charge >= 0.3 is 0 Å². The molecule has 0 aromatic rings. The molecule has 0 radical (unpaired) electrons. The van der Waals surface area contributed by atoms with Crippen LogP contribution in [0.25, 0.3) is 0 Å². The Balaban J connectivity index is 1.58. The Labute approximate surface area is 211 Å². The smallest absolute Gasteiger partial charge is 0.155 e. The third-order valence-corrected chi connectivity index (χ3v) is 11.5. The lowest BCUT2D eigenvalue weighted by atomic mass is 9.45. The van der Waals surface area contributed by atoms with Crippen molar-refractivity contribution in [1.82, 2.24) is 0 Å². The molecule has 2 nitrogen and oxygen atoms in total. The number of hydrogen-bond acceptors (Lipinski definition) is 2. The third-order valence-electron chi connectivity index (χ3n) is 11.5. The monoisotopic (exact) mass is 470 g/mol. The van der Waals surface area contributed by atoms with Gasteiger partial charge in [0.2, 0.25) is 0 Å². The molecule has 34 heavy (non-hydrogen) atoms. The number of ketones is 1. The second-order valence-electron chi connectivity index (χ2n) is 13.6. The van der Waals surface area contributed by atoms with Gasteiger partial charge in [-0.25, -0.2) is 0 Å². The van der Waals surface area contributed by atoms with Crippen molar-refractivity contribution >= 4 is 5.78 Å².